The molecule has 0 aliphatic heterocycles. The van der Waals surface area contributed by atoms with Crippen LogP contribution < -0.4 is 0 Å². The first-order chi connectivity index (χ1) is 6.72. The Hall–Kier alpha value is 0.440. The second-order valence-electron chi connectivity index (χ2n) is 4.97. The molecular formula is C12H23BrO. The Morgan fingerprint density at radius 2 is 1.71 bits per heavy atom. The smallest absolute Gasteiger partial charge is 0.0494 e. The lowest BCUT2D eigenvalue weighted by Crippen LogP contribution is -2.20. The molecule has 1 nitrogen and oxygen atoms in total. The Bertz CT molecular complexity index is 139. The molecule has 84 valence electrons. The molecular weight excluding hydrogens is 240 g/mol. The fourth-order valence-electron chi connectivity index (χ4n) is 2.02. The van der Waals surface area contributed by atoms with E-state index in [0.29, 0.717) is 5.92 Å². The van der Waals surface area contributed by atoms with E-state index in [-0.39, 0.29) is 0 Å². The van der Waals surface area contributed by atoms with Crippen molar-refractivity contribution in [3.8, 4) is 0 Å². The zero-order chi connectivity index (χ0) is 10.4. The summed E-state index contributed by atoms with van der Waals surface area (Å²) in [6.07, 6.45) is 5.52. The van der Waals surface area contributed by atoms with Gasteiger partial charge in [0.05, 0.1) is 0 Å². The Morgan fingerprint density at radius 3 is 2.21 bits per heavy atom. The van der Waals surface area contributed by atoms with E-state index in [9.17, 15) is 0 Å². The van der Waals surface area contributed by atoms with Gasteiger partial charge in [-0.15, -0.1) is 0 Å². The minimum atomic E-state index is 0.675. The zero-order valence-electron chi connectivity index (χ0n) is 9.47. The van der Waals surface area contributed by atoms with Crippen molar-refractivity contribution in [3.63, 3.8) is 0 Å². The van der Waals surface area contributed by atoms with Crippen LogP contribution in [0.4, 0.5) is 0 Å². The molecule has 0 amide bonds. The predicted octanol–water partition coefficient (Wildman–Crippen LogP) is 3.86. The van der Waals surface area contributed by atoms with Gasteiger partial charge in [-0.2, -0.15) is 0 Å². The summed E-state index contributed by atoms with van der Waals surface area (Å²) in [5.74, 6) is 2.44. The summed E-state index contributed by atoms with van der Waals surface area (Å²) in [7, 11) is 0. The van der Waals surface area contributed by atoms with E-state index >= 15 is 0 Å². The molecule has 0 heterocycles. The number of hydrogen-bond acceptors (Lipinski definition) is 1. The van der Waals surface area contributed by atoms with Gasteiger partial charge >= 0.3 is 0 Å². The van der Waals surface area contributed by atoms with Crippen LogP contribution in [0, 0.1) is 17.8 Å². The van der Waals surface area contributed by atoms with Gasteiger partial charge in [0.25, 0.3) is 0 Å². The van der Waals surface area contributed by atoms with Crippen LogP contribution in [0.25, 0.3) is 0 Å². The molecule has 1 saturated carbocycles. The summed E-state index contributed by atoms with van der Waals surface area (Å²) in [5, 5.41) is 1.19. The highest BCUT2D eigenvalue weighted by molar-refractivity contribution is 9.09. The normalized spacial score (nSPS) is 28.3. The molecule has 0 radical (unpaired) electrons. The van der Waals surface area contributed by atoms with Gasteiger partial charge in [-0.3, -0.25) is 0 Å². The van der Waals surface area contributed by atoms with Crippen LogP contribution in [0.5, 0.6) is 0 Å². The summed E-state index contributed by atoms with van der Waals surface area (Å²) in [6, 6.07) is 0. The maximum absolute atomic E-state index is 5.69. The zero-order valence-corrected chi connectivity index (χ0v) is 11.1. The van der Waals surface area contributed by atoms with Crippen molar-refractivity contribution < 1.29 is 4.74 Å². The number of rotatable bonds is 5. The lowest BCUT2D eigenvalue weighted by Gasteiger charge is -2.27. The second kappa shape index (κ2) is 6.84. The summed E-state index contributed by atoms with van der Waals surface area (Å²) < 4.78 is 5.69. The van der Waals surface area contributed by atoms with E-state index in [1.54, 1.807) is 0 Å². The number of halogens is 1. The van der Waals surface area contributed by atoms with Gasteiger partial charge in [0.15, 0.2) is 0 Å². The molecule has 0 atom stereocenters. The van der Waals surface area contributed by atoms with Crippen LogP contribution >= 0.6 is 15.9 Å². The molecule has 0 aromatic heterocycles. The molecule has 14 heavy (non-hydrogen) atoms. The molecule has 1 fully saturated rings. The van der Waals surface area contributed by atoms with Crippen LogP contribution in [0.15, 0.2) is 0 Å². The van der Waals surface area contributed by atoms with Gasteiger partial charge in [-0.25, -0.2) is 0 Å². The molecule has 1 rings (SSSR count). The van der Waals surface area contributed by atoms with E-state index in [1.165, 1.54) is 31.0 Å². The van der Waals surface area contributed by atoms with Crippen molar-refractivity contribution in [2.24, 2.45) is 17.8 Å². The van der Waals surface area contributed by atoms with Crippen molar-refractivity contribution in [1.82, 2.24) is 0 Å². The molecule has 1 aliphatic rings. The summed E-state index contributed by atoms with van der Waals surface area (Å²) >= 11 is 3.57. The molecule has 0 unspecified atom stereocenters. The third-order valence-electron chi connectivity index (χ3n) is 2.99. The van der Waals surface area contributed by atoms with Crippen LogP contribution in [0.1, 0.15) is 39.5 Å². The fraction of sp³-hybridized carbons (Fsp3) is 1.00. The highest BCUT2D eigenvalue weighted by Gasteiger charge is 2.20. The molecule has 0 N–H and O–H groups in total. The van der Waals surface area contributed by atoms with Crippen LogP contribution in [-0.2, 0) is 4.74 Å². The highest BCUT2D eigenvalue weighted by atomic mass is 79.9. The summed E-state index contributed by atoms with van der Waals surface area (Å²) in [5.41, 5.74) is 0. The van der Waals surface area contributed by atoms with Gasteiger partial charge in [0, 0.05) is 18.5 Å². The summed E-state index contributed by atoms with van der Waals surface area (Å²) in [4.78, 5) is 0. The standard InChI is InChI=1S/C12H23BrO/c1-10(2)8-14-9-12-5-3-11(7-13)4-6-12/h10-12H,3-9H2,1-2H3. The number of hydrogen-bond donors (Lipinski definition) is 0. The number of ether oxygens (including phenoxy) is 1. The van der Waals surface area contributed by atoms with Gasteiger partial charge in [-0.1, -0.05) is 29.8 Å². The van der Waals surface area contributed by atoms with Gasteiger partial charge in [-0.05, 0) is 43.4 Å². The van der Waals surface area contributed by atoms with Crippen molar-refractivity contribution in [3.05, 3.63) is 0 Å². The van der Waals surface area contributed by atoms with Crippen molar-refractivity contribution in [2.45, 2.75) is 39.5 Å². The van der Waals surface area contributed by atoms with Gasteiger partial charge in [0.2, 0.25) is 0 Å². The Morgan fingerprint density at radius 1 is 1.14 bits per heavy atom. The minimum Gasteiger partial charge on any atom is -0.381 e. The Labute approximate surface area is 96.7 Å². The Kier molecular flexibility index (Phi) is 6.11. The van der Waals surface area contributed by atoms with E-state index < -0.39 is 0 Å². The molecule has 0 spiro atoms. The summed E-state index contributed by atoms with van der Waals surface area (Å²) in [6.45, 7) is 6.34. The lowest BCUT2D eigenvalue weighted by atomic mass is 9.83. The first-order valence-electron chi connectivity index (χ1n) is 5.86. The number of alkyl halides is 1. The monoisotopic (exact) mass is 262 g/mol. The molecule has 0 aromatic rings. The second-order valence-corrected chi connectivity index (χ2v) is 5.62. The SMILES string of the molecule is CC(C)COCC1CCC(CBr)CC1. The first kappa shape index (κ1) is 12.5. The fourth-order valence-corrected chi connectivity index (χ4v) is 2.67. The highest BCUT2D eigenvalue weighted by Crippen LogP contribution is 2.29. The van der Waals surface area contributed by atoms with Crippen molar-refractivity contribution in [1.29, 1.82) is 0 Å². The molecule has 0 saturated heterocycles. The van der Waals surface area contributed by atoms with E-state index in [4.69, 9.17) is 4.74 Å². The molecule has 0 bridgehead atoms. The topological polar surface area (TPSA) is 9.23 Å². The van der Waals surface area contributed by atoms with E-state index in [2.05, 4.69) is 29.8 Å². The third-order valence-corrected chi connectivity index (χ3v) is 3.90. The van der Waals surface area contributed by atoms with Crippen molar-refractivity contribution >= 4 is 15.9 Å². The first-order valence-corrected chi connectivity index (χ1v) is 6.98. The largest absolute Gasteiger partial charge is 0.381 e. The average molecular weight is 263 g/mol. The quantitative estimate of drug-likeness (QED) is 0.684. The molecule has 2 heteroatoms. The van der Waals surface area contributed by atoms with Crippen LogP contribution in [0.3, 0.4) is 0 Å². The Balaban J connectivity index is 2.04. The lowest BCUT2D eigenvalue weighted by molar-refractivity contribution is 0.0631. The third kappa shape index (κ3) is 4.79. The average Bonchev–Trinajstić information content (AvgIpc) is 2.18. The molecule has 0 aromatic carbocycles. The maximum atomic E-state index is 5.69. The van der Waals surface area contributed by atoms with Gasteiger partial charge in [0.1, 0.15) is 0 Å². The molecule has 1 aliphatic carbocycles. The van der Waals surface area contributed by atoms with E-state index in [1.807, 2.05) is 0 Å². The van der Waals surface area contributed by atoms with Crippen LogP contribution in [-0.4, -0.2) is 18.5 Å². The van der Waals surface area contributed by atoms with Gasteiger partial charge < -0.3 is 4.74 Å². The van der Waals surface area contributed by atoms with E-state index in [0.717, 1.165) is 25.0 Å². The van der Waals surface area contributed by atoms with Crippen LogP contribution in [0.2, 0.25) is 0 Å². The minimum absolute atomic E-state index is 0.675. The maximum Gasteiger partial charge on any atom is 0.0494 e. The van der Waals surface area contributed by atoms with Crippen molar-refractivity contribution in [2.75, 3.05) is 18.5 Å². The predicted molar refractivity (Wildman–Crippen MR) is 64.9 cm³/mol.